The summed E-state index contributed by atoms with van der Waals surface area (Å²) in [5, 5.41) is 0. The molecule has 1 amide bonds. The summed E-state index contributed by atoms with van der Waals surface area (Å²) in [6.45, 7) is 3.69. The number of hydrogen-bond donors (Lipinski definition) is 0. The van der Waals surface area contributed by atoms with Gasteiger partial charge >= 0.3 is 6.09 Å². The first kappa shape index (κ1) is 17.5. The average molecular weight is 460 g/mol. The lowest BCUT2D eigenvalue weighted by molar-refractivity contribution is 0.109. The summed E-state index contributed by atoms with van der Waals surface area (Å²) in [6.07, 6.45) is 8.57. The van der Waals surface area contributed by atoms with E-state index in [1.54, 1.807) is 0 Å². The second-order valence-electron chi connectivity index (χ2n) is 6.60. The van der Waals surface area contributed by atoms with Crippen LogP contribution >= 0.6 is 22.6 Å². The van der Waals surface area contributed by atoms with Gasteiger partial charge in [-0.15, -0.1) is 0 Å². The maximum absolute atomic E-state index is 12.2. The molecule has 1 aromatic carbocycles. The summed E-state index contributed by atoms with van der Waals surface area (Å²) >= 11 is 2.45. The molecule has 0 radical (unpaired) electrons. The van der Waals surface area contributed by atoms with Crippen LogP contribution in [-0.4, -0.2) is 35.7 Å². The largest absolute Gasteiger partial charge is 0.450 e. The zero-order chi connectivity index (χ0) is 18.1. The zero-order valence-electron chi connectivity index (χ0n) is 14.8. The number of hydrogen-bond acceptors (Lipinski definition) is 3. The third kappa shape index (κ3) is 3.13. The molecule has 0 bridgehead atoms. The van der Waals surface area contributed by atoms with Crippen LogP contribution in [0.2, 0.25) is 0 Å². The van der Waals surface area contributed by atoms with Crippen molar-refractivity contribution in [2.24, 2.45) is 0 Å². The molecule has 0 N–H and O–H groups in total. The van der Waals surface area contributed by atoms with Crippen molar-refractivity contribution in [3.63, 3.8) is 0 Å². The standard InChI is InChI=1S/C21H21IN2O2/c1-2-26-21(25)24-10-7-14-12-19(22)18-6-5-16(15-4-3-9-23-13-15)20(18)17(14)8-11-24/h3-5,9,12-13H,2,6-8,10-11H2,1H3. The van der Waals surface area contributed by atoms with E-state index < -0.39 is 0 Å². The van der Waals surface area contributed by atoms with E-state index in [4.69, 9.17) is 4.74 Å². The van der Waals surface area contributed by atoms with Gasteiger partial charge in [0, 0.05) is 34.6 Å². The Kier molecular flexibility index (Phi) is 4.98. The van der Waals surface area contributed by atoms with E-state index in [0.29, 0.717) is 19.7 Å². The van der Waals surface area contributed by atoms with Gasteiger partial charge in [0.2, 0.25) is 0 Å². The summed E-state index contributed by atoms with van der Waals surface area (Å²) in [6, 6.07) is 6.43. The van der Waals surface area contributed by atoms with Crippen molar-refractivity contribution in [1.82, 2.24) is 9.88 Å². The molecule has 4 rings (SSSR count). The number of carbonyl (C=O) groups is 1. The van der Waals surface area contributed by atoms with Crippen LogP contribution in [0.4, 0.5) is 4.79 Å². The Bertz CT molecular complexity index is 877. The lowest BCUT2D eigenvalue weighted by Crippen LogP contribution is -2.33. The number of nitrogens with zero attached hydrogens (tertiary/aromatic N) is 2. The number of aromatic nitrogens is 1. The van der Waals surface area contributed by atoms with Crippen LogP contribution in [-0.2, 0) is 24.0 Å². The molecule has 2 heterocycles. The first-order valence-electron chi connectivity index (χ1n) is 9.04. The minimum atomic E-state index is -0.199. The molecular formula is C21H21IN2O2. The fourth-order valence-electron chi connectivity index (χ4n) is 3.92. The molecule has 1 aliphatic carbocycles. The van der Waals surface area contributed by atoms with Crippen LogP contribution in [0.3, 0.4) is 0 Å². The number of carbonyl (C=O) groups excluding carboxylic acids is 1. The van der Waals surface area contributed by atoms with Crippen LogP contribution < -0.4 is 0 Å². The molecule has 1 aromatic heterocycles. The molecule has 2 aliphatic rings. The van der Waals surface area contributed by atoms with Gasteiger partial charge < -0.3 is 9.64 Å². The Hall–Kier alpha value is -1.89. The van der Waals surface area contributed by atoms with E-state index >= 15 is 0 Å². The summed E-state index contributed by atoms with van der Waals surface area (Å²) in [4.78, 5) is 18.3. The molecule has 0 unspecified atom stereocenters. The minimum absolute atomic E-state index is 0.199. The Morgan fingerprint density at radius 2 is 2.15 bits per heavy atom. The van der Waals surface area contributed by atoms with E-state index in [9.17, 15) is 4.79 Å². The Labute approximate surface area is 167 Å². The number of benzene rings is 1. The number of pyridine rings is 1. The Morgan fingerprint density at radius 1 is 1.31 bits per heavy atom. The van der Waals surface area contributed by atoms with Crippen LogP contribution in [0.1, 0.15) is 34.7 Å². The van der Waals surface area contributed by atoms with Crippen LogP contribution in [0.25, 0.3) is 5.57 Å². The fraction of sp³-hybridized carbons (Fsp3) is 0.333. The summed E-state index contributed by atoms with van der Waals surface area (Å²) in [7, 11) is 0. The molecule has 0 atom stereocenters. The quantitative estimate of drug-likeness (QED) is 0.631. The van der Waals surface area contributed by atoms with E-state index in [-0.39, 0.29) is 6.09 Å². The van der Waals surface area contributed by atoms with Crippen LogP contribution in [0.5, 0.6) is 0 Å². The van der Waals surface area contributed by atoms with Gasteiger partial charge in [0.1, 0.15) is 0 Å². The van der Waals surface area contributed by atoms with Gasteiger partial charge in [-0.2, -0.15) is 0 Å². The highest BCUT2D eigenvalue weighted by atomic mass is 127. The molecule has 134 valence electrons. The van der Waals surface area contributed by atoms with Gasteiger partial charge in [-0.25, -0.2) is 4.79 Å². The fourth-order valence-corrected chi connectivity index (χ4v) is 4.79. The number of fused-ring (bicyclic) bond motifs is 3. The van der Waals surface area contributed by atoms with Crippen molar-refractivity contribution >= 4 is 34.3 Å². The van der Waals surface area contributed by atoms with Gasteiger partial charge in [-0.3, -0.25) is 4.98 Å². The van der Waals surface area contributed by atoms with E-state index in [1.165, 1.54) is 37.0 Å². The van der Waals surface area contributed by atoms with E-state index in [0.717, 1.165) is 19.3 Å². The Balaban J connectivity index is 1.73. The molecule has 0 fully saturated rings. The molecule has 2 aromatic rings. The third-order valence-electron chi connectivity index (χ3n) is 5.14. The predicted octanol–water partition coefficient (Wildman–Crippen LogP) is 4.23. The number of halogens is 1. The lowest BCUT2D eigenvalue weighted by atomic mass is 9.89. The highest BCUT2D eigenvalue weighted by molar-refractivity contribution is 14.1. The first-order chi connectivity index (χ1) is 12.7. The molecule has 1 aliphatic heterocycles. The van der Waals surface area contributed by atoms with Crippen molar-refractivity contribution in [3.05, 3.63) is 68.1 Å². The monoisotopic (exact) mass is 460 g/mol. The molecule has 5 heteroatoms. The van der Waals surface area contributed by atoms with Crippen molar-refractivity contribution < 1.29 is 9.53 Å². The van der Waals surface area contributed by atoms with Gasteiger partial charge in [0.15, 0.2) is 0 Å². The van der Waals surface area contributed by atoms with Crippen molar-refractivity contribution in [2.75, 3.05) is 19.7 Å². The number of rotatable bonds is 2. The van der Waals surface area contributed by atoms with Gasteiger partial charge in [-0.1, -0.05) is 12.1 Å². The number of ether oxygens (including phenoxy) is 1. The molecular weight excluding hydrogens is 439 g/mol. The lowest BCUT2D eigenvalue weighted by Gasteiger charge is -2.19. The predicted molar refractivity (Wildman–Crippen MR) is 110 cm³/mol. The molecule has 26 heavy (non-hydrogen) atoms. The van der Waals surface area contributed by atoms with Gasteiger partial charge in [0.05, 0.1) is 6.61 Å². The van der Waals surface area contributed by atoms with E-state index in [2.05, 4.69) is 45.8 Å². The third-order valence-corrected chi connectivity index (χ3v) is 6.10. The molecule has 4 nitrogen and oxygen atoms in total. The summed E-state index contributed by atoms with van der Waals surface area (Å²) < 4.78 is 6.52. The number of amides is 1. The van der Waals surface area contributed by atoms with Gasteiger partial charge in [0.25, 0.3) is 0 Å². The number of allylic oxidation sites excluding steroid dienone is 1. The SMILES string of the molecule is CCOC(=O)N1CCc2cc(I)c3c(c2CC1)C(c1cccnc1)=CC3. The smallest absolute Gasteiger partial charge is 0.409 e. The average Bonchev–Trinajstić information content (AvgIpc) is 2.99. The topological polar surface area (TPSA) is 42.4 Å². The minimum Gasteiger partial charge on any atom is -0.450 e. The van der Waals surface area contributed by atoms with E-state index in [1.807, 2.05) is 30.3 Å². The second kappa shape index (κ2) is 7.39. The Morgan fingerprint density at radius 3 is 2.92 bits per heavy atom. The molecule has 0 spiro atoms. The van der Waals surface area contributed by atoms with Crippen molar-refractivity contribution in [2.45, 2.75) is 26.2 Å². The van der Waals surface area contributed by atoms with Gasteiger partial charge in [-0.05, 0) is 88.7 Å². The first-order valence-corrected chi connectivity index (χ1v) is 10.1. The summed E-state index contributed by atoms with van der Waals surface area (Å²) in [5.41, 5.74) is 7.98. The maximum atomic E-state index is 12.2. The maximum Gasteiger partial charge on any atom is 0.409 e. The summed E-state index contributed by atoms with van der Waals surface area (Å²) in [5.74, 6) is 0. The van der Waals surface area contributed by atoms with Crippen molar-refractivity contribution in [3.8, 4) is 0 Å². The van der Waals surface area contributed by atoms with Crippen LogP contribution in [0.15, 0.2) is 36.7 Å². The molecule has 0 saturated heterocycles. The highest BCUT2D eigenvalue weighted by Gasteiger charge is 2.27. The second-order valence-corrected chi connectivity index (χ2v) is 7.76. The highest BCUT2D eigenvalue weighted by Crippen LogP contribution is 2.40. The zero-order valence-corrected chi connectivity index (χ0v) is 17.0. The normalized spacial score (nSPS) is 15.8. The van der Waals surface area contributed by atoms with Crippen LogP contribution in [0, 0.1) is 3.57 Å². The van der Waals surface area contributed by atoms with Crippen molar-refractivity contribution in [1.29, 1.82) is 0 Å². The molecule has 0 saturated carbocycles.